The first-order valence-corrected chi connectivity index (χ1v) is 12.3. The molecule has 170 valence electrons. The lowest BCUT2D eigenvalue weighted by Gasteiger charge is -2.19. The quantitative estimate of drug-likeness (QED) is 0.607. The molecule has 1 N–H and O–H groups in total. The third-order valence-electron chi connectivity index (χ3n) is 5.30. The molecule has 2 aliphatic carbocycles. The Balaban J connectivity index is 1.61. The van der Waals surface area contributed by atoms with E-state index in [4.69, 9.17) is 4.74 Å². The number of ether oxygens (including phenoxy) is 1. The first-order chi connectivity index (χ1) is 15.1. The van der Waals surface area contributed by atoms with Crippen molar-refractivity contribution >= 4 is 15.7 Å². The van der Waals surface area contributed by atoms with Crippen molar-refractivity contribution in [3.05, 3.63) is 59.4 Å². The highest BCUT2D eigenvalue weighted by Gasteiger charge is 2.51. The summed E-state index contributed by atoms with van der Waals surface area (Å²) in [5, 5.41) is 3.76. The van der Waals surface area contributed by atoms with Crippen LogP contribution in [0.1, 0.15) is 41.9 Å². The average Bonchev–Trinajstić information content (AvgIpc) is 3.63. The van der Waals surface area contributed by atoms with Gasteiger partial charge in [0, 0.05) is 17.6 Å². The third-order valence-corrected chi connectivity index (χ3v) is 5.95. The lowest BCUT2D eigenvalue weighted by molar-refractivity contribution is -0.0351. The summed E-state index contributed by atoms with van der Waals surface area (Å²) in [5.41, 5.74) is -0.791. The maximum absolute atomic E-state index is 14.8. The molecule has 2 fully saturated rings. The van der Waals surface area contributed by atoms with Gasteiger partial charge in [0.05, 0.1) is 12.2 Å². The van der Waals surface area contributed by atoms with Gasteiger partial charge in [0.1, 0.15) is 5.75 Å². The average molecular weight is 464 g/mol. The van der Waals surface area contributed by atoms with Crippen LogP contribution >= 0.6 is 0 Å². The zero-order chi connectivity index (χ0) is 22.9. The van der Waals surface area contributed by atoms with Crippen molar-refractivity contribution in [2.75, 3.05) is 6.26 Å². The molecule has 2 saturated carbocycles. The number of carbonyl (C=O) groups excluding carboxylic acids is 1. The Morgan fingerprint density at radius 3 is 2.50 bits per heavy atom. The van der Waals surface area contributed by atoms with Crippen LogP contribution in [-0.2, 0) is 15.8 Å². The summed E-state index contributed by atoms with van der Waals surface area (Å²) in [7, 11) is -3.35. The van der Waals surface area contributed by atoms with Gasteiger partial charge < -0.3 is 10.1 Å². The SMILES string of the molecule is CS(=O)(=O)/C=C/[C@@H](NC(=O)c1cnc(C(F)(F)C2CC2)c(Oc2ccccc2)n1)C1CC1. The first-order valence-electron chi connectivity index (χ1n) is 10.3. The van der Waals surface area contributed by atoms with Gasteiger partial charge >= 0.3 is 0 Å². The second-order valence-electron chi connectivity index (χ2n) is 8.22. The standard InChI is InChI=1S/C22H23F2N3O4S/c1-32(29,30)12-11-17(14-7-8-14)26-20(28)18-13-25-19(22(23,24)15-9-10-15)21(27-18)31-16-5-3-2-4-6-16/h2-6,11-15,17H,7-10H2,1H3,(H,26,28)/b12-11+/t17-/m1/s1. The zero-order valence-corrected chi connectivity index (χ0v) is 18.2. The summed E-state index contributed by atoms with van der Waals surface area (Å²) in [6, 6.07) is 7.80. The molecule has 2 aliphatic rings. The van der Waals surface area contributed by atoms with Crippen LogP contribution in [0.15, 0.2) is 48.0 Å². The summed E-state index contributed by atoms with van der Waals surface area (Å²) in [6.45, 7) is 0. The van der Waals surface area contributed by atoms with Gasteiger partial charge in [-0.2, -0.15) is 8.78 Å². The van der Waals surface area contributed by atoms with Gasteiger partial charge in [-0.1, -0.05) is 24.3 Å². The minimum atomic E-state index is -3.35. The molecule has 1 aromatic heterocycles. The van der Waals surface area contributed by atoms with E-state index in [0.717, 1.165) is 30.7 Å². The highest BCUT2D eigenvalue weighted by Crippen LogP contribution is 2.51. The van der Waals surface area contributed by atoms with Crippen molar-refractivity contribution in [1.29, 1.82) is 0 Å². The molecule has 7 nitrogen and oxygen atoms in total. The van der Waals surface area contributed by atoms with Crippen LogP contribution in [-0.4, -0.2) is 36.6 Å². The molecule has 2 aromatic rings. The number of nitrogens with zero attached hydrogens (tertiary/aromatic N) is 2. The van der Waals surface area contributed by atoms with Crippen molar-refractivity contribution in [2.45, 2.75) is 37.6 Å². The lowest BCUT2D eigenvalue weighted by atomic mass is 10.1. The Morgan fingerprint density at radius 2 is 1.91 bits per heavy atom. The number of amides is 1. The Kier molecular flexibility index (Phi) is 5.98. The Labute approximate surface area is 184 Å². The van der Waals surface area contributed by atoms with Gasteiger partial charge in [0.15, 0.2) is 21.2 Å². The van der Waals surface area contributed by atoms with Gasteiger partial charge in [-0.3, -0.25) is 4.79 Å². The van der Waals surface area contributed by atoms with Crippen molar-refractivity contribution < 1.29 is 26.7 Å². The predicted octanol–water partition coefficient (Wildman–Crippen LogP) is 3.84. The molecule has 1 aromatic carbocycles. The number of alkyl halides is 2. The minimum absolute atomic E-state index is 0.114. The number of halogens is 2. The Bertz CT molecular complexity index is 1130. The van der Waals surface area contributed by atoms with Crippen molar-refractivity contribution in [3.63, 3.8) is 0 Å². The Hall–Kier alpha value is -2.88. The molecule has 4 rings (SSSR count). The number of hydrogen-bond donors (Lipinski definition) is 1. The molecular formula is C22H23F2N3O4S. The van der Waals surface area contributed by atoms with Crippen LogP contribution < -0.4 is 10.1 Å². The smallest absolute Gasteiger partial charge is 0.297 e. The highest BCUT2D eigenvalue weighted by atomic mass is 32.2. The molecule has 0 unspecified atom stereocenters. The molecule has 1 atom stereocenters. The van der Waals surface area contributed by atoms with E-state index in [9.17, 15) is 22.0 Å². The van der Waals surface area contributed by atoms with Crippen LogP contribution in [0, 0.1) is 11.8 Å². The molecule has 0 spiro atoms. The van der Waals surface area contributed by atoms with E-state index >= 15 is 0 Å². The number of benzene rings is 1. The largest absolute Gasteiger partial charge is 0.437 e. The molecule has 0 radical (unpaired) electrons. The van der Waals surface area contributed by atoms with E-state index < -0.39 is 45.2 Å². The molecule has 0 aliphatic heterocycles. The topological polar surface area (TPSA) is 98.2 Å². The van der Waals surface area contributed by atoms with Gasteiger partial charge in [0.2, 0.25) is 5.88 Å². The number of para-hydroxylation sites is 1. The maximum atomic E-state index is 14.8. The normalized spacial score (nSPS) is 17.8. The fraction of sp³-hybridized carbons (Fsp3) is 0.409. The van der Waals surface area contributed by atoms with Gasteiger partial charge in [-0.05, 0) is 43.7 Å². The number of aromatic nitrogens is 2. The Morgan fingerprint density at radius 1 is 1.22 bits per heavy atom. The number of carbonyl (C=O) groups is 1. The number of nitrogens with one attached hydrogen (secondary N) is 1. The molecule has 32 heavy (non-hydrogen) atoms. The summed E-state index contributed by atoms with van der Waals surface area (Å²) in [5.74, 6) is -4.71. The van der Waals surface area contributed by atoms with Gasteiger partial charge in [0.25, 0.3) is 11.8 Å². The summed E-state index contributed by atoms with van der Waals surface area (Å²) in [4.78, 5) is 20.7. The van der Waals surface area contributed by atoms with E-state index in [1.807, 2.05) is 0 Å². The number of hydrogen-bond acceptors (Lipinski definition) is 6. The summed E-state index contributed by atoms with van der Waals surface area (Å²) < 4.78 is 58.1. The van der Waals surface area contributed by atoms with E-state index in [-0.39, 0.29) is 11.6 Å². The van der Waals surface area contributed by atoms with Crippen LogP contribution in [0.25, 0.3) is 0 Å². The lowest BCUT2D eigenvalue weighted by Crippen LogP contribution is -2.36. The molecule has 1 heterocycles. The van der Waals surface area contributed by atoms with E-state index in [1.54, 1.807) is 30.3 Å². The molecule has 10 heteroatoms. The molecular weight excluding hydrogens is 440 g/mol. The van der Waals surface area contributed by atoms with Crippen molar-refractivity contribution in [2.24, 2.45) is 11.8 Å². The van der Waals surface area contributed by atoms with Crippen LogP contribution in [0.2, 0.25) is 0 Å². The predicted molar refractivity (Wildman–Crippen MR) is 113 cm³/mol. The fourth-order valence-electron chi connectivity index (χ4n) is 3.25. The van der Waals surface area contributed by atoms with Gasteiger partial charge in [-0.15, -0.1) is 0 Å². The third kappa shape index (κ3) is 5.48. The fourth-order valence-corrected chi connectivity index (χ4v) is 3.71. The summed E-state index contributed by atoms with van der Waals surface area (Å²) in [6.07, 6.45) is 5.96. The minimum Gasteiger partial charge on any atom is -0.437 e. The van der Waals surface area contributed by atoms with E-state index in [1.165, 1.54) is 6.08 Å². The van der Waals surface area contributed by atoms with Crippen molar-refractivity contribution in [3.8, 4) is 11.6 Å². The van der Waals surface area contributed by atoms with Gasteiger partial charge in [-0.25, -0.2) is 18.4 Å². The van der Waals surface area contributed by atoms with Crippen LogP contribution in [0.4, 0.5) is 8.78 Å². The van der Waals surface area contributed by atoms with E-state index in [2.05, 4.69) is 15.3 Å². The summed E-state index contributed by atoms with van der Waals surface area (Å²) >= 11 is 0. The second kappa shape index (κ2) is 8.57. The number of rotatable bonds is 9. The van der Waals surface area contributed by atoms with Crippen LogP contribution in [0.5, 0.6) is 11.6 Å². The monoisotopic (exact) mass is 463 g/mol. The molecule has 0 saturated heterocycles. The van der Waals surface area contributed by atoms with E-state index in [0.29, 0.717) is 18.6 Å². The number of sulfone groups is 1. The maximum Gasteiger partial charge on any atom is 0.297 e. The highest BCUT2D eigenvalue weighted by molar-refractivity contribution is 7.93. The van der Waals surface area contributed by atoms with Crippen molar-refractivity contribution in [1.82, 2.24) is 15.3 Å². The van der Waals surface area contributed by atoms with Crippen LogP contribution in [0.3, 0.4) is 0 Å². The molecule has 0 bridgehead atoms. The second-order valence-corrected chi connectivity index (χ2v) is 10.1. The zero-order valence-electron chi connectivity index (χ0n) is 17.4. The molecule has 1 amide bonds. The first kappa shape index (κ1) is 22.3.